The van der Waals surface area contributed by atoms with Crippen molar-refractivity contribution >= 4 is 27.0 Å². The number of rotatable bonds is 2. The van der Waals surface area contributed by atoms with E-state index in [9.17, 15) is 8.42 Å². The van der Waals surface area contributed by atoms with Crippen LogP contribution in [0.5, 0.6) is 0 Å². The highest BCUT2D eigenvalue weighted by atomic mass is 35.5. The Morgan fingerprint density at radius 2 is 2.00 bits per heavy atom. The van der Waals surface area contributed by atoms with Gasteiger partial charge in [-0.3, -0.25) is 0 Å². The summed E-state index contributed by atoms with van der Waals surface area (Å²) in [6.07, 6.45) is 0. The average molecular weight is 258 g/mol. The first-order chi connectivity index (χ1) is 7.40. The molecular formula is C11H12ClNO2S. The number of sulfone groups is 1. The minimum Gasteiger partial charge on any atom is -0.305 e. The molecular weight excluding hydrogens is 246 g/mol. The molecule has 0 aromatic heterocycles. The molecule has 0 spiro atoms. The van der Waals surface area contributed by atoms with Crippen LogP contribution in [0.25, 0.3) is 5.57 Å². The number of likely N-dealkylation sites (N-methyl/N-ethyl adjacent to an activating group) is 1. The normalized spacial score (nSPS) is 17.4. The number of hydrogen-bond acceptors (Lipinski definition) is 3. The fourth-order valence-corrected chi connectivity index (χ4v) is 3.51. The molecule has 0 saturated heterocycles. The average Bonchev–Trinajstić information content (AvgIpc) is 2.37. The molecule has 0 bridgehead atoms. The summed E-state index contributed by atoms with van der Waals surface area (Å²) in [5.74, 6) is 0. The van der Waals surface area contributed by atoms with Gasteiger partial charge in [-0.25, -0.2) is 8.42 Å². The number of halogens is 1. The SMILES string of the molecule is CN(C)CC1=CS(=O)(=O)c2cc(Cl)ccc21. The van der Waals surface area contributed by atoms with Crippen LogP contribution in [0.2, 0.25) is 5.02 Å². The predicted molar refractivity (Wildman–Crippen MR) is 65.2 cm³/mol. The lowest BCUT2D eigenvalue weighted by molar-refractivity contribution is 0.463. The molecule has 1 aromatic carbocycles. The van der Waals surface area contributed by atoms with Crippen LogP contribution in [-0.4, -0.2) is 34.0 Å². The van der Waals surface area contributed by atoms with Gasteiger partial charge in [0.1, 0.15) is 0 Å². The van der Waals surface area contributed by atoms with Gasteiger partial charge in [-0.05, 0) is 37.4 Å². The van der Waals surface area contributed by atoms with E-state index in [1.54, 1.807) is 12.1 Å². The minimum atomic E-state index is -3.30. The van der Waals surface area contributed by atoms with Gasteiger partial charge in [0.15, 0.2) is 0 Å². The monoisotopic (exact) mass is 257 g/mol. The molecule has 1 aromatic rings. The molecule has 0 unspecified atom stereocenters. The minimum absolute atomic E-state index is 0.317. The van der Waals surface area contributed by atoms with E-state index in [4.69, 9.17) is 11.6 Å². The van der Waals surface area contributed by atoms with Crippen molar-refractivity contribution in [3.63, 3.8) is 0 Å². The lowest BCUT2D eigenvalue weighted by atomic mass is 10.1. The second-order valence-electron chi connectivity index (χ2n) is 4.07. The van der Waals surface area contributed by atoms with Crippen molar-refractivity contribution in [2.24, 2.45) is 0 Å². The van der Waals surface area contributed by atoms with Gasteiger partial charge in [0.25, 0.3) is 0 Å². The molecule has 0 saturated carbocycles. The summed E-state index contributed by atoms with van der Waals surface area (Å²) in [6, 6.07) is 4.98. The van der Waals surface area contributed by atoms with Crippen molar-refractivity contribution in [1.82, 2.24) is 4.90 Å². The number of fused-ring (bicyclic) bond motifs is 1. The zero-order chi connectivity index (χ0) is 11.9. The van der Waals surface area contributed by atoms with E-state index in [-0.39, 0.29) is 0 Å². The molecule has 0 atom stereocenters. The van der Waals surface area contributed by atoms with Gasteiger partial charge >= 0.3 is 0 Å². The van der Waals surface area contributed by atoms with Crippen LogP contribution in [0.1, 0.15) is 5.56 Å². The fourth-order valence-electron chi connectivity index (χ4n) is 1.77. The van der Waals surface area contributed by atoms with Crippen molar-refractivity contribution in [2.75, 3.05) is 20.6 Å². The van der Waals surface area contributed by atoms with Crippen LogP contribution in [0, 0.1) is 0 Å². The molecule has 0 amide bonds. The van der Waals surface area contributed by atoms with Gasteiger partial charge < -0.3 is 4.90 Å². The van der Waals surface area contributed by atoms with Crippen LogP contribution in [0.3, 0.4) is 0 Å². The number of hydrogen-bond donors (Lipinski definition) is 0. The van der Waals surface area contributed by atoms with Crippen molar-refractivity contribution in [3.05, 3.63) is 34.2 Å². The van der Waals surface area contributed by atoms with Gasteiger partial charge in [-0.2, -0.15) is 0 Å². The number of nitrogens with zero attached hydrogens (tertiary/aromatic N) is 1. The maximum Gasteiger partial charge on any atom is 0.200 e. The highest BCUT2D eigenvalue weighted by Gasteiger charge is 2.26. The van der Waals surface area contributed by atoms with Gasteiger partial charge in [-0.15, -0.1) is 0 Å². The quantitative estimate of drug-likeness (QED) is 0.814. The van der Waals surface area contributed by atoms with E-state index < -0.39 is 9.84 Å². The lowest BCUT2D eigenvalue weighted by Gasteiger charge is -2.10. The summed E-state index contributed by atoms with van der Waals surface area (Å²) in [6.45, 7) is 0.605. The Balaban J connectivity index is 2.56. The molecule has 86 valence electrons. The van der Waals surface area contributed by atoms with Crippen molar-refractivity contribution < 1.29 is 8.42 Å². The van der Waals surface area contributed by atoms with Crippen molar-refractivity contribution in [3.8, 4) is 0 Å². The molecule has 3 nitrogen and oxygen atoms in total. The largest absolute Gasteiger partial charge is 0.305 e. The Hall–Kier alpha value is -0.840. The van der Waals surface area contributed by atoms with Gasteiger partial charge in [0.2, 0.25) is 9.84 Å². The molecule has 0 aliphatic carbocycles. The Morgan fingerprint density at radius 3 is 2.62 bits per heavy atom. The van der Waals surface area contributed by atoms with Crippen LogP contribution in [-0.2, 0) is 9.84 Å². The topological polar surface area (TPSA) is 37.4 Å². The van der Waals surface area contributed by atoms with E-state index in [1.165, 1.54) is 11.5 Å². The highest BCUT2D eigenvalue weighted by molar-refractivity contribution is 7.95. The van der Waals surface area contributed by atoms with Gasteiger partial charge in [0, 0.05) is 17.0 Å². The Labute approximate surface area is 100 Å². The van der Waals surface area contributed by atoms with Crippen LogP contribution in [0.15, 0.2) is 28.5 Å². The summed E-state index contributed by atoms with van der Waals surface area (Å²) < 4.78 is 23.7. The third-order valence-corrected chi connectivity index (χ3v) is 4.16. The first kappa shape index (κ1) is 11.6. The number of benzene rings is 1. The maximum atomic E-state index is 11.8. The van der Waals surface area contributed by atoms with Crippen molar-refractivity contribution in [1.29, 1.82) is 0 Å². The first-order valence-corrected chi connectivity index (χ1v) is 6.73. The van der Waals surface area contributed by atoms with E-state index in [1.807, 2.05) is 19.0 Å². The highest BCUT2D eigenvalue weighted by Crippen LogP contribution is 2.35. The maximum absolute atomic E-state index is 11.8. The second-order valence-corrected chi connectivity index (χ2v) is 6.27. The van der Waals surface area contributed by atoms with Gasteiger partial charge in [0.05, 0.1) is 4.90 Å². The fraction of sp³-hybridized carbons (Fsp3) is 0.273. The Kier molecular flexibility index (Phi) is 2.82. The Morgan fingerprint density at radius 1 is 1.31 bits per heavy atom. The molecule has 0 N–H and O–H groups in total. The van der Waals surface area contributed by atoms with E-state index >= 15 is 0 Å². The zero-order valence-corrected chi connectivity index (χ0v) is 10.6. The molecule has 1 aliphatic rings. The molecule has 0 radical (unpaired) electrons. The van der Waals surface area contributed by atoms with Gasteiger partial charge in [-0.1, -0.05) is 17.7 Å². The molecule has 2 rings (SSSR count). The third kappa shape index (κ3) is 2.00. The smallest absolute Gasteiger partial charge is 0.200 e. The summed E-state index contributed by atoms with van der Waals surface area (Å²) in [5, 5.41) is 1.77. The summed E-state index contributed by atoms with van der Waals surface area (Å²) in [4.78, 5) is 2.25. The molecule has 1 aliphatic heterocycles. The zero-order valence-electron chi connectivity index (χ0n) is 9.07. The van der Waals surface area contributed by atoms with Crippen molar-refractivity contribution in [2.45, 2.75) is 4.90 Å². The van der Waals surface area contributed by atoms with Crippen LogP contribution >= 0.6 is 11.6 Å². The Bertz CT molecular complexity index is 561. The summed E-state index contributed by atoms with van der Waals surface area (Å²) in [5.41, 5.74) is 1.58. The van der Waals surface area contributed by atoms with Crippen LogP contribution in [0.4, 0.5) is 0 Å². The predicted octanol–water partition coefficient (Wildman–Crippen LogP) is 2.03. The molecule has 0 fully saturated rings. The van der Waals surface area contributed by atoms with E-state index in [0.29, 0.717) is 16.5 Å². The summed E-state index contributed by atoms with van der Waals surface area (Å²) >= 11 is 5.81. The second kappa shape index (κ2) is 3.87. The van der Waals surface area contributed by atoms with Crippen LogP contribution < -0.4 is 0 Å². The summed E-state index contributed by atoms with van der Waals surface area (Å²) in [7, 11) is 0.512. The first-order valence-electron chi connectivity index (χ1n) is 4.80. The van der Waals surface area contributed by atoms with E-state index in [2.05, 4.69) is 0 Å². The molecule has 5 heteroatoms. The standard InChI is InChI=1S/C11H12ClNO2S/c1-13(2)6-8-7-16(14,15)11-5-9(12)3-4-10(8)11/h3-5,7H,6H2,1-2H3. The third-order valence-electron chi connectivity index (χ3n) is 2.38. The molecule has 1 heterocycles. The van der Waals surface area contributed by atoms with E-state index in [0.717, 1.165) is 11.1 Å². The molecule has 16 heavy (non-hydrogen) atoms. The lowest BCUT2D eigenvalue weighted by Crippen LogP contribution is -2.13.